The first-order chi connectivity index (χ1) is 10.2. The Morgan fingerprint density at radius 2 is 2.05 bits per heavy atom. The summed E-state index contributed by atoms with van der Waals surface area (Å²) in [5, 5.41) is 3.55. The first-order valence-corrected chi connectivity index (χ1v) is 9.24. The van der Waals surface area contributed by atoms with Gasteiger partial charge in [-0.25, -0.2) is 0 Å². The maximum atomic E-state index is 3.55. The summed E-state index contributed by atoms with van der Waals surface area (Å²) in [6.07, 6.45) is 5.12. The van der Waals surface area contributed by atoms with E-state index in [1.54, 1.807) is 0 Å². The molecule has 0 radical (unpaired) electrons. The highest BCUT2D eigenvalue weighted by Gasteiger charge is 2.22. The summed E-state index contributed by atoms with van der Waals surface area (Å²) in [5.41, 5.74) is 1.46. The van der Waals surface area contributed by atoms with Crippen LogP contribution in [0.3, 0.4) is 0 Å². The largest absolute Gasteiger partial charge is 0.316 e. The molecule has 21 heavy (non-hydrogen) atoms. The van der Waals surface area contributed by atoms with Gasteiger partial charge in [-0.15, -0.1) is 0 Å². The van der Waals surface area contributed by atoms with Crippen molar-refractivity contribution in [1.29, 1.82) is 0 Å². The molecule has 0 spiro atoms. The molecule has 2 unspecified atom stereocenters. The van der Waals surface area contributed by atoms with Crippen LogP contribution in [0, 0.1) is 5.92 Å². The van der Waals surface area contributed by atoms with Crippen molar-refractivity contribution >= 4 is 15.9 Å². The molecule has 1 heterocycles. The fourth-order valence-corrected chi connectivity index (χ4v) is 3.73. The van der Waals surface area contributed by atoms with Crippen LogP contribution in [-0.4, -0.2) is 31.1 Å². The molecule has 0 aliphatic carbocycles. The molecule has 118 valence electrons. The summed E-state index contributed by atoms with van der Waals surface area (Å²) in [6, 6.07) is 9.45. The molecule has 1 aliphatic rings. The molecule has 0 saturated carbocycles. The zero-order valence-corrected chi connectivity index (χ0v) is 15.0. The SMILES string of the molecule is CCCN(CC1CCCNC1)C(CC)c1ccc(Br)cc1. The lowest BCUT2D eigenvalue weighted by atomic mass is 9.96. The molecule has 0 aromatic heterocycles. The fourth-order valence-electron chi connectivity index (χ4n) is 3.46. The molecule has 1 aliphatic heterocycles. The summed E-state index contributed by atoms with van der Waals surface area (Å²) in [5.74, 6) is 0.815. The van der Waals surface area contributed by atoms with Crippen molar-refractivity contribution in [2.45, 2.75) is 45.6 Å². The number of halogens is 1. The average molecular weight is 353 g/mol. The van der Waals surface area contributed by atoms with Gasteiger partial charge in [0, 0.05) is 17.1 Å². The van der Waals surface area contributed by atoms with Gasteiger partial charge in [-0.1, -0.05) is 41.9 Å². The topological polar surface area (TPSA) is 15.3 Å². The zero-order chi connectivity index (χ0) is 15.1. The number of hydrogen-bond donors (Lipinski definition) is 1. The first-order valence-electron chi connectivity index (χ1n) is 8.44. The van der Waals surface area contributed by atoms with Crippen molar-refractivity contribution in [1.82, 2.24) is 10.2 Å². The Morgan fingerprint density at radius 1 is 1.29 bits per heavy atom. The van der Waals surface area contributed by atoms with Gasteiger partial charge in [0.25, 0.3) is 0 Å². The van der Waals surface area contributed by atoms with E-state index in [0.717, 1.165) is 5.92 Å². The number of nitrogens with zero attached hydrogens (tertiary/aromatic N) is 1. The number of hydrogen-bond acceptors (Lipinski definition) is 2. The molecule has 1 N–H and O–H groups in total. The Kier molecular flexibility index (Phi) is 7.21. The van der Waals surface area contributed by atoms with E-state index in [2.05, 4.69) is 64.3 Å². The number of benzene rings is 1. The van der Waals surface area contributed by atoms with Crippen molar-refractivity contribution < 1.29 is 0 Å². The van der Waals surface area contributed by atoms with E-state index in [0.29, 0.717) is 6.04 Å². The lowest BCUT2D eigenvalue weighted by Crippen LogP contribution is -2.40. The third-order valence-electron chi connectivity index (χ3n) is 4.48. The molecular weight excluding hydrogens is 324 g/mol. The third kappa shape index (κ3) is 5.08. The maximum absolute atomic E-state index is 3.55. The summed E-state index contributed by atoms with van der Waals surface area (Å²) in [4.78, 5) is 2.71. The van der Waals surface area contributed by atoms with Gasteiger partial charge >= 0.3 is 0 Å². The average Bonchev–Trinajstić information content (AvgIpc) is 2.51. The molecule has 2 atom stereocenters. The van der Waals surface area contributed by atoms with Crippen molar-refractivity contribution in [2.75, 3.05) is 26.2 Å². The van der Waals surface area contributed by atoms with Gasteiger partial charge in [0.2, 0.25) is 0 Å². The molecule has 0 amide bonds. The second kappa shape index (κ2) is 8.92. The van der Waals surface area contributed by atoms with E-state index in [1.807, 2.05) is 0 Å². The van der Waals surface area contributed by atoms with Crippen LogP contribution in [-0.2, 0) is 0 Å². The zero-order valence-electron chi connectivity index (χ0n) is 13.4. The van der Waals surface area contributed by atoms with Crippen LogP contribution in [0.25, 0.3) is 0 Å². The highest BCUT2D eigenvalue weighted by molar-refractivity contribution is 9.10. The summed E-state index contributed by atoms with van der Waals surface area (Å²) >= 11 is 3.54. The Labute approximate surface area is 138 Å². The van der Waals surface area contributed by atoms with Crippen molar-refractivity contribution in [3.05, 3.63) is 34.3 Å². The lowest BCUT2D eigenvalue weighted by molar-refractivity contribution is 0.149. The van der Waals surface area contributed by atoms with E-state index in [9.17, 15) is 0 Å². The van der Waals surface area contributed by atoms with Crippen LogP contribution < -0.4 is 5.32 Å². The normalized spacial score (nSPS) is 20.7. The van der Waals surface area contributed by atoms with E-state index in [4.69, 9.17) is 0 Å². The Bertz CT molecular complexity index is 398. The monoisotopic (exact) mass is 352 g/mol. The second-order valence-electron chi connectivity index (χ2n) is 6.18. The predicted octanol–water partition coefficient (Wildman–Crippen LogP) is 4.61. The van der Waals surface area contributed by atoms with E-state index >= 15 is 0 Å². The molecule has 1 fully saturated rings. The van der Waals surface area contributed by atoms with Gasteiger partial charge in [-0.3, -0.25) is 4.90 Å². The molecule has 1 aromatic rings. The minimum Gasteiger partial charge on any atom is -0.316 e. The van der Waals surface area contributed by atoms with Crippen LogP contribution in [0.4, 0.5) is 0 Å². The second-order valence-corrected chi connectivity index (χ2v) is 7.10. The van der Waals surface area contributed by atoms with Crippen molar-refractivity contribution in [3.8, 4) is 0 Å². The minimum absolute atomic E-state index is 0.556. The Morgan fingerprint density at radius 3 is 2.62 bits per heavy atom. The minimum atomic E-state index is 0.556. The number of piperidine rings is 1. The van der Waals surface area contributed by atoms with Gasteiger partial charge in [-0.2, -0.15) is 0 Å². The van der Waals surface area contributed by atoms with Gasteiger partial charge in [0.1, 0.15) is 0 Å². The van der Waals surface area contributed by atoms with E-state index in [1.165, 1.54) is 61.9 Å². The molecule has 1 saturated heterocycles. The van der Waals surface area contributed by atoms with Gasteiger partial charge < -0.3 is 5.32 Å². The highest BCUT2D eigenvalue weighted by atomic mass is 79.9. The molecule has 1 aromatic carbocycles. The quantitative estimate of drug-likeness (QED) is 0.770. The number of rotatable bonds is 7. The molecule has 3 heteroatoms. The van der Waals surface area contributed by atoms with Gasteiger partial charge in [0.15, 0.2) is 0 Å². The fraction of sp³-hybridized carbons (Fsp3) is 0.667. The summed E-state index contributed by atoms with van der Waals surface area (Å²) < 4.78 is 1.17. The van der Waals surface area contributed by atoms with Crippen molar-refractivity contribution in [3.63, 3.8) is 0 Å². The Hall–Kier alpha value is -0.380. The maximum Gasteiger partial charge on any atom is 0.0345 e. The van der Waals surface area contributed by atoms with Crippen LogP contribution in [0.5, 0.6) is 0 Å². The van der Waals surface area contributed by atoms with Crippen LogP contribution in [0.1, 0.15) is 51.1 Å². The van der Waals surface area contributed by atoms with Crippen LogP contribution in [0.15, 0.2) is 28.7 Å². The van der Waals surface area contributed by atoms with Crippen LogP contribution >= 0.6 is 15.9 Å². The summed E-state index contributed by atoms with van der Waals surface area (Å²) in [7, 11) is 0. The molecule has 0 bridgehead atoms. The lowest BCUT2D eigenvalue weighted by Gasteiger charge is -2.35. The van der Waals surface area contributed by atoms with Crippen molar-refractivity contribution in [2.24, 2.45) is 5.92 Å². The van der Waals surface area contributed by atoms with Crippen LogP contribution in [0.2, 0.25) is 0 Å². The molecular formula is C18H29BrN2. The highest BCUT2D eigenvalue weighted by Crippen LogP contribution is 2.27. The molecule has 2 nitrogen and oxygen atoms in total. The van der Waals surface area contributed by atoms with E-state index < -0.39 is 0 Å². The molecule has 2 rings (SSSR count). The predicted molar refractivity (Wildman–Crippen MR) is 94.6 cm³/mol. The van der Waals surface area contributed by atoms with E-state index in [-0.39, 0.29) is 0 Å². The van der Waals surface area contributed by atoms with Gasteiger partial charge in [0.05, 0.1) is 0 Å². The van der Waals surface area contributed by atoms with Gasteiger partial charge in [-0.05, 0) is 68.9 Å². The number of nitrogens with one attached hydrogen (secondary N) is 1. The Balaban J connectivity index is 2.07. The smallest absolute Gasteiger partial charge is 0.0345 e. The first kappa shape index (κ1) is 17.0. The standard InChI is InChI=1S/C18H29BrN2/c1-3-12-21(14-15-6-5-11-20-13-15)18(4-2)16-7-9-17(19)10-8-16/h7-10,15,18,20H,3-6,11-14H2,1-2H3. The third-order valence-corrected chi connectivity index (χ3v) is 5.01. The summed E-state index contributed by atoms with van der Waals surface area (Å²) in [6.45, 7) is 9.43.